The lowest BCUT2D eigenvalue weighted by Crippen LogP contribution is -2.24. The third-order valence-corrected chi connectivity index (χ3v) is 5.36. The third kappa shape index (κ3) is 4.72. The van der Waals surface area contributed by atoms with Crippen molar-refractivity contribution in [1.29, 1.82) is 0 Å². The van der Waals surface area contributed by atoms with Crippen molar-refractivity contribution in [3.63, 3.8) is 0 Å². The molecule has 1 N–H and O–H groups in total. The number of sulfone groups is 1. The van der Waals surface area contributed by atoms with Crippen LogP contribution in [0.1, 0.15) is 29.3 Å². The number of methoxy groups -OCH3 is 2. The Morgan fingerprint density at radius 3 is 2.58 bits per heavy atom. The van der Waals surface area contributed by atoms with Crippen LogP contribution in [0.2, 0.25) is 0 Å². The van der Waals surface area contributed by atoms with Crippen LogP contribution in [-0.4, -0.2) is 40.1 Å². The first-order valence-electron chi connectivity index (χ1n) is 8.08. The molecule has 0 atom stereocenters. The summed E-state index contributed by atoms with van der Waals surface area (Å²) < 4.78 is 35.9. The van der Waals surface area contributed by atoms with E-state index in [1.807, 2.05) is 6.92 Å². The van der Waals surface area contributed by atoms with Gasteiger partial charge in [-0.25, -0.2) is 8.42 Å². The van der Waals surface area contributed by atoms with Gasteiger partial charge < -0.3 is 14.8 Å². The molecule has 0 saturated heterocycles. The summed E-state index contributed by atoms with van der Waals surface area (Å²) in [6, 6.07) is 6.11. The van der Waals surface area contributed by atoms with Crippen LogP contribution >= 0.6 is 0 Å². The monoisotopic (exact) mass is 378 g/mol. The fourth-order valence-corrected chi connectivity index (χ4v) is 3.86. The highest BCUT2D eigenvalue weighted by atomic mass is 32.2. The molecule has 0 saturated carbocycles. The topological polar surface area (TPSA) is 94.6 Å². The van der Waals surface area contributed by atoms with Crippen molar-refractivity contribution in [3.05, 3.63) is 47.8 Å². The molecule has 2 rings (SSSR count). The molecule has 0 aliphatic carbocycles. The van der Waals surface area contributed by atoms with Crippen molar-refractivity contribution < 1.29 is 22.7 Å². The van der Waals surface area contributed by atoms with Gasteiger partial charge in [0.15, 0.2) is 9.84 Å². The lowest BCUT2D eigenvalue weighted by molar-refractivity contribution is 0.0953. The van der Waals surface area contributed by atoms with Crippen LogP contribution < -0.4 is 14.8 Å². The standard InChI is InChI=1S/C18H22N2O5S/c1-4-7-20-18(21)14-8-13(10-19-11-14)12-26(22,23)17-9-15(24-2)5-6-16(17)25-3/h5-6,8-11H,4,7,12H2,1-3H3,(H,20,21). The van der Waals surface area contributed by atoms with Crippen LogP contribution in [0.25, 0.3) is 0 Å². The molecule has 0 radical (unpaired) electrons. The summed E-state index contributed by atoms with van der Waals surface area (Å²) in [5.41, 5.74) is 0.739. The molecule has 0 aliphatic rings. The SMILES string of the molecule is CCCNC(=O)c1cncc(CS(=O)(=O)c2cc(OC)ccc2OC)c1. The summed E-state index contributed by atoms with van der Waals surface area (Å²) in [7, 11) is -0.862. The minimum absolute atomic E-state index is 0.0280. The Balaban J connectivity index is 2.31. The van der Waals surface area contributed by atoms with E-state index in [9.17, 15) is 13.2 Å². The van der Waals surface area contributed by atoms with Gasteiger partial charge in [0.1, 0.15) is 16.4 Å². The molecule has 0 fully saturated rings. The molecule has 8 heteroatoms. The van der Waals surface area contributed by atoms with Crippen LogP contribution in [-0.2, 0) is 15.6 Å². The van der Waals surface area contributed by atoms with E-state index < -0.39 is 9.84 Å². The molecule has 1 aromatic carbocycles. The Labute approximate surface area is 153 Å². The van der Waals surface area contributed by atoms with Gasteiger partial charge in [-0.3, -0.25) is 9.78 Å². The van der Waals surface area contributed by atoms with Gasteiger partial charge in [-0.15, -0.1) is 0 Å². The molecule has 0 spiro atoms. The molecule has 0 aliphatic heterocycles. The van der Waals surface area contributed by atoms with Gasteiger partial charge in [-0.2, -0.15) is 0 Å². The molecule has 140 valence electrons. The van der Waals surface area contributed by atoms with Gasteiger partial charge in [-0.1, -0.05) is 6.92 Å². The van der Waals surface area contributed by atoms with Gasteiger partial charge in [0.05, 0.1) is 25.5 Å². The minimum Gasteiger partial charge on any atom is -0.497 e. The first-order chi connectivity index (χ1) is 12.4. The van der Waals surface area contributed by atoms with Crippen molar-refractivity contribution in [3.8, 4) is 11.5 Å². The summed E-state index contributed by atoms with van der Waals surface area (Å²) in [5.74, 6) is 0.0571. The number of carbonyl (C=O) groups excluding carboxylic acids is 1. The van der Waals surface area contributed by atoms with Crippen molar-refractivity contribution in [2.45, 2.75) is 24.0 Å². The maximum atomic E-state index is 12.8. The molecule has 2 aromatic rings. The molecule has 0 bridgehead atoms. The number of aromatic nitrogens is 1. The zero-order chi connectivity index (χ0) is 19.2. The first-order valence-corrected chi connectivity index (χ1v) is 9.73. The van der Waals surface area contributed by atoms with E-state index >= 15 is 0 Å². The number of hydrogen-bond acceptors (Lipinski definition) is 6. The van der Waals surface area contributed by atoms with Crippen molar-refractivity contribution in [2.75, 3.05) is 20.8 Å². The van der Waals surface area contributed by atoms with Gasteiger partial charge >= 0.3 is 0 Å². The van der Waals surface area contributed by atoms with Gasteiger partial charge in [0.2, 0.25) is 0 Å². The van der Waals surface area contributed by atoms with Gasteiger partial charge in [0, 0.05) is 25.0 Å². The lowest BCUT2D eigenvalue weighted by Gasteiger charge is -2.11. The van der Waals surface area contributed by atoms with Crippen molar-refractivity contribution >= 4 is 15.7 Å². The summed E-state index contributed by atoms with van der Waals surface area (Å²) >= 11 is 0. The largest absolute Gasteiger partial charge is 0.497 e. The minimum atomic E-state index is -3.72. The van der Waals surface area contributed by atoms with Crippen LogP contribution in [0.5, 0.6) is 11.5 Å². The maximum Gasteiger partial charge on any atom is 0.252 e. The molecule has 7 nitrogen and oxygen atoms in total. The highest BCUT2D eigenvalue weighted by Crippen LogP contribution is 2.30. The maximum absolute atomic E-state index is 12.8. The van der Waals surface area contributed by atoms with Crippen LogP contribution in [0.3, 0.4) is 0 Å². The number of hydrogen-bond donors (Lipinski definition) is 1. The van der Waals surface area contributed by atoms with E-state index in [1.54, 1.807) is 12.1 Å². The Bertz CT molecular complexity index is 881. The highest BCUT2D eigenvalue weighted by molar-refractivity contribution is 7.90. The van der Waals surface area contributed by atoms with Crippen LogP contribution in [0.15, 0.2) is 41.6 Å². The zero-order valence-electron chi connectivity index (χ0n) is 15.0. The number of nitrogens with one attached hydrogen (secondary N) is 1. The van der Waals surface area contributed by atoms with E-state index in [-0.39, 0.29) is 22.3 Å². The van der Waals surface area contributed by atoms with E-state index in [4.69, 9.17) is 9.47 Å². The average Bonchev–Trinajstić information content (AvgIpc) is 2.65. The van der Waals surface area contributed by atoms with Gasteiger partial charge in [0.25, 0.3) is 5.91 Å². The number of amides is 1. The van der Waals surface area contributed by atoms with Crippen molar-refractivity contribution in [1.82, 2.24) is 10.3 Å². The van der Waals surface area contributed by atoms with Crippen LogP contribution in [0, 0.1) is 0 Å². The van der Waals surface area contributed by atoms with Crippen molar-refractivity contribution in [2.24, 2.45) is 0 Å². The number of rotatable bonds is 8. The van der Waals surface area contributed by atoms with E-state index in [0.29, 0.717) is 23.4 Å². The predicted molar refractivity (Wildman–Crippen MR) is 97.3 cm³/mol. The molecule has 0 unspecified atom stereocenters. The second-order valence-corrected chi connectivity index (χ2v) is 7.57. The van der Waals surface area contributed by atoms with Crippen LogP contribution in [0.4, 0.5) is 0 Å². The third-order valence-electron chi connectivity index (χ3n) is 3.66. The Morgan fingerprint density at radius 2 is 1.92 bits per heavy atom. The molecule has 1 amide bonds. The number of carbonyl (C=O) groups is 1. The second kappa shape index (κ2) is 8.66. The Hall–Kier alpha value is -2.61. The second-order valence-electron chi connectivity index (χ2n) is 5.61. The number of pyridine rings is 1. The predicted octanol–water partition coefficient (Wildman–Crippen LogP) is 2.21. The Morgan fingerprint density at radius 1 is 1.15 bits per heavy atom. The normalized spacial score (nSPS) is 11.0. The number of nitrogens with zero attached hydrogens (tertiary/aromatic N) is 1. The first kappa shape index (κ1) is 19.7. The fraction of sp³-hybridized carbons (Fsp3) is 0.333. The lowest BCUT2D eigenvalue weighted by atomic mass is 10.2. The average molecular weight is 378 g/mol. The summed E-state index contributed by atoms with van der Waals surface area (Å²) in [6.45, 7) is 2.49. The van der Waals surface area contributed by atoms with E-state index in [0.717, 1.165) is 6.42 Å². The quantitative estimate of drug-likeness (QED) is 0.757. The molecule has 26 heavy (non-hydrogen) atoms. The molecule has 1 heterocycles. The molecular formula is C18H22N2O5S. The number of ether oxygens (including phenoxy) is 2. The van der Waals surface area contributed by atoms with E-state index in [1.165, 1.54) is 38.7 Å². The smallest absolute Gasteiger partial charge is 0.252 e. The van der Waals surface area contributed by atoms with Gasteiger partial charge in [-0.05, 0) is 30.2 Å². The fourth-order valence-electron chi connectivity index (χ4n) is 2.36. The zero-order valence-corrected chi connectivity index (χ0v) is 15.8. The Kier molecular flexibility index (Phi) is 6.57. The summed E-state index contributed by atoms with van der Waals surface area (Å²) in [5, 5.41) is 2.74. The summed E-state index contributed by atoms with van der Waals surface area (Å²) in [6.07, 6.45) is 3.65. The highest BCUT2D eigenvalue weighted by Gasteiger charge is 2.22. The molecular weight excluding hydrogens is 356 g/mol. The molecule has 1 aromatic heterocycles. The summed E-state index contributed by atoms with van der Waals surface area (Å²) in [4.78, 5) is 16.1. The number of benzene rings is 1. The van der Waals surface area contributed by atoms with E-state index in [2.05, 4.69) is 10.3 Å².